The minimum atomic E-state index is -0.245. The number of rotatable bonds is 4. The van der Waals surface area contributed by atoms with Crippen molar-refractivity contribution in [3.8, 4) is 11.4 Å². The van der Waals surface area contributed by atoms with Crippen molar-refractivity contribution < 1.29 is 9.37 Å². The molecule has 0 aliphatic carbocycles. The maximum Gasteiger partial charge on any atom is 0.286 e. The highest BCUT2D eigenvalue weighted by Crippen LogP contribution is 2.25. The molecule has 4 rings (SSSR count). The van der Waals surface area contributed by atoms with Gasteiger partial charge in [-0.2, -0.15) is 0 Å². The third kappa shape index (κ3) is 3.03. The molecule has 0 unspecified atom stereocenters. The number of halogens is 1. The maximum atomic E-state index is 13.1. The van der Waals surface area contributed by atoms with E-state index in [1.807, 2.05) is 25.4 Å². The van der Waals surface area contributed by atoms with Crippen LogP contribution >= 0.6 is 0 Å². The van der Waals surface area contributed by atoms with Crippen LogP contribution in [0.4, 0.5) is 10.2 Å². The zero-order chi connectivity index (χ0) is 17.2. The third-order valence-electron chi connectivity index (χ3n) is 4.03. The molecule has 4 aromatic rings. The molecule has 3 heterocycles. The van der Waals surface area contributed by atoms with E-state index in [0.29, 0.717) is 11.6 Å². The molecule has 1 atom stereocenters. The van der Waals surface area contributed by atoms with Crippen molar-refractivity contribution in [1.29, 1.82) is 0 Å². The molecule has 0 spiro atoms. The molecule has 0 saturated carbocycles. The van der Waals surface area contributed by atoms with E-state index in [0.717, 1.165) is 22.2 Å². The van der Waals surface area contributed by atoms with E-state index in [-0.39, 0.29) is 11.9 Å². The van der Waals surface area contributed by atoms with Crippen LogP contribution in [0.25, 0.3) is 22.4 Å². The molecule has 0 aliphatic rings. The van der Waals surface area contributed by atoms with Crippen LogP contribution in [-0.2, 0) is 0 Å². The fraction of sp³-hybridized carbons (Fsp3) is 0.111. The lowest BCUT2D eigenvalue weighted by atomic mass is 10.1. The second-order valence-electron chi connectivity index (χ2n) is 5.72. The summed E-state index contributed by atoms with van der Waals surface area (Å²) in [4.78, 5) is 19.3. The van der Waals surface area contributed by atoms with Crippen LogP contribution in [0.2, 0.25) is 0 Å². The number of nitrogens with one attached hydrogen (secondary N) is 3. The largest absolute Gasteiger partial charge is 0.363 e. The van der Waals surface area contributed by atoms with Crippen LogP contribution in [0.15, 0.2) is 55.2 Å². The summed E-state index contributed by atoms with van der Waals surface area (Å²) in [6, 6.07) is 8.22. The van der Waals surface area contributed by atoms with E-state index < -0.39 is 0 Å². The molecule has 0 bridgehead atoms. The molecule has 0 radical (unpaired) electrons. The Balaban J connectivity index is 1.62. The Labute approximate surface area is 143 Å². The van der Waals surface area contributed by atoms with E-state index in [9.17, 15) is 4.39 Å². The number of nitrogens with zero attached hydrogens (tertiary/aromatic N) is 3. The van der Waals surface area contributed by atoms with Gasteiger partial charge in [0, 0.05) is 18.4 Å². The smallest absolute Gasteiger partial charge is 0.286 e. The summed E-state index contributed by atoms with van der Waals surface area (Å²) in [5, 5.41) is 4.24. The number of H-pyrrole nitrogens is 2. The molecule has 0 fully saturated rings. The lowest BCUT2D eigenvalue weighted by Gasteiger charge is -2.15. The zero-order valence-corrected chi connectivity index (χ0v) is 13.5. The number of aromatic nitrogens is 5. The molecule has 1 aromatic carbocycles. The summed E-state index contributed by atoms with van der Waals surface area (Å²) >= 11 is 0. The summed E-state index contributed by atoms with van der Waals surface area (Å²) < 4.78 is 13.1. The molecule has 0 saturated heterocycles. The molecule has 3 aromatic heterocycles. The first-order valence-electron chi connectivity index (χ1n) is 7.89. The predicted octanol–water partition coefficient (Wildman–Crippen LogP) is 3.15. The van der Waals surface area contributed by atoms with Crippen molar-refractivity contribution in [2.24, 2.45) is 0 Å². The summed E-state index contributed by atoms with van der Waals surface area (Å²) in [6.07, 6.45) is 7.03. The third-order valence-corrected chi connectivity index (χ3v) is 4.03. The van der Waals surface area contributed by atoms with Gasteiger partial charge in [0.25, 0.3) is 12.0 Å². The quantitative estimate of drug-likeness (QED) is 0.600. The van der Waals surface area contributed by atoms with Gasteiger partial charge in [-0.1, -0.05) is 12.1 Å². The second-order valence-corrected chi connectivity index (χ2v) is 5.72. The van der Waals surface area contributed by atoms with Gasteiger partial charge in [-0.25, -0.2) is 19.3 Å². The van der Waals surface area contributed by atoms with Crippen molar-refractivity contribution in [2.75, 3.05) is 5.32 Å². The average molecular weight is 335 g/mol. The molecule has 124 valence electrons. The van der Waals surface area contributed by atoms with Crippen LogP contribution in [0, 0.1) is 5.82 Å². The normalized spacial score (nSPS) is 12.2. The number of aromatic amines is 2. The van der Waals surface area contributed by atoms with Crippen molar-refractivity contribution in [3.63, 3.8) is 0 Å². The zero-order valence-electron chi connectivity index (χ0n) is 13.5. The van der Waals surface area contributed by atoms with Crippen LogP contribution < -0.4 is 10.3 Å². The minimum absolute atomic E-state index is 0.0127. The number of benzene rings is 1. The molecule has 25 heavy (non-hydrogen) atoms. The van der Waals surface area contributed by atoms with Gasteiger partial charge in [0.1, 0.15) is 17.8 Å². The fourth-order valence-electron chi connectivity index (χ4n) is 2.71. The summed E-state index contributed by atoms with van der Waals surface area (Å²) in [5.41, 5.74) is 2.63. The standard InChI is InChI=1S/C18H15FN6/c1-11(12-2-4-13(19)5-3-12)24-16-6-7-21-18(25-16)15-9-22-17-14(15)8-20-10-23-17/h2-11H,1H3,(H,20,22,23)(H,21,24,25)/p+1/t11-/m1/s1. The van der Waals surface area contributed by atoms with Gasteiger partial charge >= 0.3 is 0 Å². The lowest BCUT2D eigenvalue weighted by molar-refractivity contribution is -0.380. The van der Waals surface area contributed by atoms with Crippen molar-refractivity contribution in [2.45, 2.75) is 13.0 Å². The Morgan fingerprint density at radius 2 is 2.00 bits per heavy atom. The van der Waals surface area contributed by atoms with Gasteiger partial charge < -0.3 is 10.3 Å². The highest BCUT2D eigenvalue weighted by Gasteiger charge is 2.14. The first kappa shape index (κ1) is 15.2. The van der Waals surface area contributed by atoms with E-state index in [1.54, 1.807) is 24.7 Å². The van der Waals surface area contributed by atoms with Gasteiger partial charge in [0.2, 0.25) is 0 Å². The van der Waals surface area contributed by atoms with E-state index in [2.05, 4.69) is 30.2 Å². The molecule has 3 N–H and O–H groups in total. The Bertz CT molecular complexity index is 1010. The van der Waals surface area contributed by atoms with Gasteiger partial charge in [0.05, 0.1) is 10.9 Å². The number of fused-ring (bicyclic) bond motifs is 1. The van der Waals surface area contributed by atoms with Crippen molar-refractivity contribution >= 4 is 16.9 Å². The van der Waals surface area contributed by atoms with E-state index in [1.165, 1.54) is 12.1 Å². The molecular formula is C18H16FN6+. The number of anilines is 1. The van der Waals surface area contributed by atoms with Gasteiger partial charge in [-0.3, -0.25) is 0 Å². The Hall–Kier alpha value is -3.35. The lowest BCUT2D eigenvalue weighted by Crippen LogP contribution is -2.08. The molecule has 0 amide bonds. The predicted molar refractivity (Wildman–Crippen MR) is 92.1 cm³/mol. The number of hydrogen-bond donors (Lipinski definition) is 2. The molecular weight excluding hydrogens is 319 g/mol. The molecule has 0 aliphatic heterocycles. The molecule has 6 nitrogen and oxygen atoms in total. The monoisotopic (exact) mass is 335 g/mol. The maximum absolute atomic E-state index is 13.1. The Kier molecular flexibility index (Phi) is 3.81. The van der Waals surface area contributed by atoms with Gasteiger partial charge in [-0.05, 0) is 35.7 Å². The van der Waals surface area contributed by atoms with E-state index in [4.69, 9.17) is 0 Å². The minimum Gasteiger partial charge on any atom is -0.363 e. The second kappa shape index (κ2) is 6.27. The van der Waals surface area contributed by atoms with Crippen molar-refractivity contribution in [3.05, 3.63) is 66.6 Å². The SMILES string of the molecule is C[C@@H](Nc1ccnc(-c2c[nH]c3nc[nH+]cc23)n1)c1ccc(F)cc1. The fourth-order valence-corrected chi connectivity index (χ4v) is 2.71. The highest BCUT2D eigenvalue weighted by atomic mass is 19.1. The first-order chi connectivity index (χ1) is 12.2. The topological polar surface area (TPSA) is 80.6 Å². The van der Waals surface area contributed by atoms with Crippen LogP contribution in [-0.4, -0.2) is 19.9 Å². The number of hydrogen-bond acceptors (Lipinski definition) is 4. The first-order valence-corrected chi connectivity index (χ1v) is 7.89. The van der Waals surface area contributed by atoms with Gasteiger partial charge in [-0.15, -0.1) is 0 Å². The summed E-state index contributed by atoms with van der Waals surface area (Å²) in [6.45, 7) is 2.00. The summed E-state index contributed by atoms with van der Waals surface area (Å²) in [7, 11) is 0. The highest BCUT2D eigenvalue weighted by molar-refractivity contribution is 5.90. The van der Waals surface area contributed by atoms with Crippen LogP contribution in [0.3, 0.4) is 0 Å². The van der Waals surface area contributed by atoms with Crippen LogP contribution in [0.5, 0.6) is 0 Å². The molecule has 7 heteroatoms. The van der Waals surface area contributed by atoms with Gasteiger partial charge in [0.15, 0.2) is 5.82 Å². The average Bonchev–Trinajstić information content (AvgIpc) is 3.06. The van der Waals surface area contributed by atoms with Crippen LogP contribution in [0.1, 0.15) is 18.5 Å². The summed E-state index contributed by atoms with van der Waals surface area (Å²) in [5.74, 6) is 1.05. The Morgan fingerprint density at radius 3 is 2.84 bits per heavy atom. The van der Waals surface area contributed by atoms with Crippen molar-refractivity contribution in [1.82, 2.24) is 19.9 Å². The Morgan fingerprint density at radius 1 is 1.16 bits per heavy atom. The van der Waals surface area contributed by atoms with E-state index >= 15 is 0 Å².